The molecule has 0 rings (SSSR count). The number of hydrogen-bond donors (Lipinski definition) is 0. The zero-order valence-electron chi connectivity index (χ0n) is 42.6. The maximum absolute atomic E-state index is 12.8. The zero-order valence-corrected chi connectivity index (χ0v) is 42.6. The summed E-state index contributed by atoms with van der Waals surface area (Å²) in [4.78, 5) is 38.0. The van der Waals surface area contributed by atoms with Crippen LogP contribution in [-0.4, -0.2) is 37.2 Å². The van der Waals surface area contributed by atoms with Crippen LogP contribution in [0.15, 0.2) is 146 Å². The molecule has 1 unspecified atom stereocenters. The normalized spacial score (nSPS) is 13.3. The van der Waals surface area contributed by atoms with Crippen LogP contribution in [0.1, 0.15) is 201 Å². The van der Waals surface area contributed by atoms with E-state index in [1.807, 2.05) is 0 Å². The molecule has 0 aromatic rings. The minimum Gasteiger partial charge on any atom is -0.462 e. The fourth-order valence-electron chi connectivity index (χ4n) is 6.40. The molecule has 6 nitrogen and oxygen atoms in total. The molecule has 0 aromatic carbocycles. The van der Waals surface area contributed by atoms with Crippen molar-refractivity contribution in [1.82, 2.24) is 0 Å². The molecule has 374 valence electrons. The van der Waals surface area contributed by atoms with E-state index in [0.717, 1.165) is 122 Å². The van der Waals surface area contributed by atoms with Gasteiger partial charge in [-0.15, -0.1) is 0 Å². The third-order valence-corrected chi connectivity index (χ3v) is 10.3. The summed E-state index contributed by atoms with van der Waals surface area (Å²) < 4.78 is 16.7. The fraction of sp³-hybridized carbons (Fsp3) is 0.557. The Balaban J connectivity index is 4.57. The molecule has 0 bridgehead atoms. The average Bonchev–Trinajstić information content (AvgIpc) is 3.33. The minimum atomic E-state index is -0.835. The van der Waals surface area contributed by atoms with Crippen LogP contribution in [0.3, 0.4) is 0 Å². The molecule has 0 fully saturated rings. The molecule has 0 N–H and O–H groups in total. The monoisotopic (exact) mass is 923 g/mol. The van der Waals surface area contributed by atoms with Crippen LogP contribution in [0, 0.1) is 0 Å². The average molecular weight is 923 g/mol. The number of allylic oxidation sites excluding steroid dienone is 24. The number of hydrogen-bond acceptors (Lipinski definition) is 6. The van der Waals surface area contributed by atoms with Gasteiger partial charge < -0.3 is 14.2 Å². The number of carbonyl (C=O) groups excluding carboxylic acids is 3. The van der Waals surface area contributed by atoms with Gasteiger partial charge in [0.1, 0.15) is 13.2 Å². The third kappa shape index (κ3) is 52.1. The van der Waals surface area contributed by atoms with Gasteiger partial charge in [0.15, 0.2) is 6.10 Å². The molecule has 1 atom stereocenters. The Kier molecular flexibility index (Phi) is 50.1. The highest BCUT2D eigenvalue weighted by molar-refractivity contribution is 5.71. The van der Waals surface area contributed by atoms with E-state index in [2.05, 4.69) is 167 Å². The van der Waals surface area contributed by atoms with Gasteiger partial charge in [-0.2, -0.15) is 0 Å². The molecule has 6 heteroatoms. The predicted molar refractivity (Wildman–Crippen MR) is 288 cm³/mol. The number of rotatable bonds is 45. The molecule has 0 spiro atoms. The van der Waals surface area contributed by atoms with Gasteiger partial charge in [-0.25, -0.2) is 0 Å². The number of carbonyl (C=O) groups is 3. The van der Waals surface area contributed by atoms with Gasteiger partial charge in [0, 0.05) is 19.3 Å². The first-order valence-corrected chi connectivity index (χ1v) is 26.3. The van der Waals surface area contributed by atoms with Crippen LogP contribution in [-0.2, 0) is 28.6 Å². The first-order valence-electron chi connectivity index (χ1n) is 26.3. The van der Waals surface area contributed by atoms with Crippen LogP contribution in [0.4, 0.5) is 0 Å². The Morgan fingerprint density at radius 3 is 1.00 bits per heavy atom. The lowest BCUT2D eigenvalue weighted by molar-refractivity contribution is -0.167. The lowest BCUT2D eigenvalue weighted by atomic mass is 10.1. The first kappa shape index (κ1) is 62.3. The van der Waals surface area contributed by atoms with Crippen molar-refractivity contribution in [3.63, 3.8) is 0 Å². The van der Waals surface area contributed by atoms with Crippen molar-refractivity contribution in [2.75, 3.05) is 13.2 Å². The Bertz CT molecular complexity index is 1530. The molecule has 0 radical (unpaired) electrons. The summed E-state index contributed by atoms with van der Waals surface area (Å²) in [5.74, 6) is -1.05. The summed E-state index contributed by atoms with van der Waals surface area (Å²) in [5.41, 5.74) is 0. The molecule has 0 aliphatic carbocycles. The van der Waals surface area contributed by atoms with E-state index in [1.165, 1.54) is 25.7 Å². The van der Waals surface area contributed by atoms with Gasteiger partial charge in [0.05, 0.1) is 0 Å². The van der Waals surface area contributed by atoms with Crippen molar-refractivity contribution in [3.05, 3.63) is 146 Å². The maximum atomic E-state index is 12.8. The van der Waals surface area contributed by atoms with Crippen molar-refractivity contribution in [1.29, 1.82) is 0 Å². The molecule has 0 aliphatic rings. The molecule has 0 aliphatic heterocycles. The first-order chi connectivity index (χ1) is 33.0. The second kappa shape index (κ2) is 53.9. The summed E-state index contributed by atoms with van der Waals surface area (Å²) in [5, 5.41) is 0. The van der Waals surface area contributed by atoms with Gasteiger partial charge in [-0.3, -0.25) is 14.4 Å². The van der Waals surface area contributed by atoms with Crippen LogP contribution >= 0.6 is 0 Å². The standard InChI is InChI=1S/C61H94O6/c1-4-7-10-13-16-19-22-24-26-28-29-30-31-33-34-36-39-42-45-48-51-54-60(63)66-57-58(56-65-59(62)53-50-47-44-41-38-21-18-15-12-9-6-3)67-61(64)55-52-49-46-43-40-37-35-32-27-25-23-20-17-14-11-8-5-2/h7-8,10-11,15-20,24-27,29-30,33-35,37,39,42-43,46,58H,4-6,9,12-14,21-23,28,31-32,36,38,40-41,44-45,47-57H2,1-3H3/b10-7-,11-8-,18-15-,19-16-,20-17-,26-24-,27-25-,30-29-,34-33-,37-35-,42-39-,46-43-. The van der Waals surface area contributed by atoms with E-state index in [9.17, 15) is 14.4 Å². The highest BCUT2D eigenvalue weighted by Crippen LogP contribution is 2.11. The lowest BCUT2D eigenvalue weighted by Gasteiger charge is -2.18. The highest BCUT2D eigenvalue weighted by atomic mass is 16.6. The van der Waals surface area contributed by atoms with E-state index in [-0.39, 0.29) is 44.0 Å². The van der Waals surface area contributed by atoms with Crippen molar-refractivity contribution in [2.24, 2.45) is 0 Å². The lowest BCUT2D eigenvalue weighted by Crippen LogP contribution is -2.30. The zero-order chi connectivity index (χ0) is 48.6. The predicted octanol–water partition coefficient (Wildman–Crippen LogP) is 17.6. The van der Waals surface area contributed by atoms with Crippen molar-refractivity contribution in [3.8, 4) is 0 Å². The topological polar surface area (TPSA) is 78.9 Å². The Labute approximate surface area is 410 Å². The van der Waals surface area contributed by atoms with Crippen molar-refractivity contribution < 1.29 is 28.6 Å². The molecule has 0 saturated carbocycles. The van der Waals surface area contributed by atoms with Crippen molar-refractivity contribution in [2.45, 2.75) is 207 Å². The molecule has 67 heavy (non-hydrogen) atoms. The Morgan fingerprint density at radius 2 is 0.597 bits per heavy atom. The molecular weight excluding hydrogens is 829 g/mol. The van der Waals surface area contributed by atoms with Crippen molar-refractivity contribution >= 4 is 17.9 Å². The molecule has 0 amide bonds. The van der Waals surface area contributed by atoms with Crippen LogP contribution < -0.4 is 0 Å². The summed E-state index contributed by atoms with van der Waals surface area (Å²) in [6.07, 6.45) is 77.0. The third-order valence-electron chi connectivity index (χ3n) is 10.3. The van der Waals surface area contributed by atoms with Gasteiger partial charge in [-0.1, -0.05) is 199 Å². The smallest absolute Gasteiger partial charge is 0.306 e. The second-order valence-corrected chi connectivity index (χ2v) is 16.7. The minimum absolute atomic E-state index is 0.125. The summed E-state index contributed by atoms with van der Waals surface area (Å²) in [6, 6.07) is 0. The van der Waals surface area contributed by atoms with Crippen LogP contribution in [0.25, 0.3) is 0 Å². The van der Waals surface area contributed by atoms with Crippen LogP contribution in [0.2, 0.25) is 0 Å². The maximum Gasteiger partial charge on any atom is 0.306 e. The molecule has 0 aromatic heterocycles. The van der Waals surface area contributed by atoms with E-state index < -0.39 is 6.10 Å². The van der Waals surface area contributed by atoms with E-state index in [1.54, 1.807) is 0 Å². The quantitative estimate of drug-likeness (QED) is 0.0262. The molecule has 0 saturated heterocycles. The largest absolute Gasteiger partial charge is 0.462 e. The second-order valence-electron chi connectivity index (χ2n) is 16.7. The van der Waals surface area contributed by atoms with Gasteiger partial charge in [0.25, 0.3) is 0 Å². The van der Waals surface area contributed by atoms with Gasteiger partial charge in [-0.05, 0) is 128 Å². The van der Waals surface area contributed by atoms with Gasteiger partial charge >= 0.3 is 17.9 Å². The SMILES string of the molecule is CC/C=C\C/C=C\C/C=C\C/C=C\C/C=C\C/C=C\CCCCC(=O)OCC(COC(=O)CCCCCCC/C=C\CCCC)OC(=O)CCC/C=C\C/C=C\C/C=C\C/C=C\C/C=C\CC. The Morgan fingerprint density at radius 1 is 0.313 bits per heavy atom. The summed E-state index contributed by atoms with van der Waals surface area (Å²) in [6.45, 7) is 6.25. The highest BCUT2D eigenvalue weighted by Gasteiger charge is 2.19. The van der Waals surface area contributed by atoms with E-state index in [0.29, 0.717) is 19.3 Å². The van der Waals surface area contributed by atoms with Gasteiger partial charge in [0.2, 0.25) is 0 Å². The fourth-order valence-corrected chi connectivity index (χ4v) is 6.40. The summed E-state index contributed by atoms with van der Waals surface area (Å²) in [7, 11) is 0. The Hall–Kier alpha value is -4.71. The molecular formula is C61H94O6. The summed E-state index contributed by atoms with van der Waals surface area (Å²) >= 11 is 0. The van der Waals surface area contributed by atoms with E-state index >= 15 is 0 Å². The van der Waals surface area contributed by atoms with Crippen LogP contribution in [0.5, 0.6) is 0 Å². The number of ether oxygens (including phenoxy) is 3. The van der Waals surface area contributed by atoms with E-state index in [4.69, 9.17) is 14.2 Å². The molecule has 0 heterocycles. The number of unbranched alkanes of at least 4 members (excludes halogenated alkanes) is 10. The number of esters is 3.